The van der Waals surface area contributed by atoms with Gasteiger partial charge < -0.3 is 20.5 Å². The van der Waals surface area contributed by atoms with Crippen LogP contribution in [0.2, 0.25) is 0 Å². The van der Waals surface area contributed by atoms with E-state index in [1.165, 1.54) is 0 Å². The van der Waals surface area contributed by atoms with Gasteiger partial charge in [0, 0.05) is 31.3 Å². The first-order valence-electron chi connectivity index (χ1n) is 10.9. The number of rotatable bonds is 5. The van der Waals surface area contributed by atoms with Gasteiger partial charge in [0.05, 0.1) is 13.2 Å². The molecule has 0 fully saturated rings. The van der Waals surface area contributed by atoms with Crippen molar-refractivity contribution >= 4 is 11.8 Å². The molecular weight excluding hydrogens is 408 g/mol. The summed E-state index contributed by atoms with van der Waals surface area (Å²) < 4.78 is 12.3. The Hall–Kier alpha value is -3.13. The molecule has 8 nitrogen and oxygen atoms in total. The summed E-state index contributed by atoms with van der Waals surface area (Å²) in [4.78, 5) is 29.9. The number of carbonyl (C=O) groups excluding carboxylic acids is 2. The van der Waals surface area contributed by atoms with E-state index in [2.05, 4.69) is 29.0 Å². The fourth-order valence-electron chi connectivity index (χ4n) is 3.56. The molecular formula is C24H32N4O4. The van der Waals surface area contributed by atoms with E-state index >= 15 is 0 Å². The average Bonchev–Trinajstić information content (AvgIpc) is 2.74. The number of fused-ring (bicyclic) bond motifs is 2. The molecule has 1 aromatic heterocycles. The summed E-state index contributed by atoms with van der Waals surface area (Å²) in [6, 6.07) is 11.4. The predicted octanol–water partition coefficient (Wildman–Crippen LogP) is 2.87. The summed E-state index contributed by atoms with van der Waals surface area (Å²) in [5.74, 6) is 1.20. The lowest BCUT2D eigenvalue weighted by atomic mass is 9.88. The van der Waals surface area contributed by atoms with E-state index in [4.69, 9.17) is 15.2 Å². The maximum atomic E-state index is 12.5. The van der Waals surface area contributed by atoms with E-state index in [0.717, 1.165) is 24.9 Å². The van der Waals surface area contributed by atoms with Gasteiger partial charge in [-0.2, -0.15) is 0 Å². The SMILES string of the molecule is CC1(C)CCCN(CC(=O)NCCC(N)=O)Cc2cccnc2Oc2ccccc2OC1. The topological polar surface area (TPSA) is 107 Å². The Kier molecular flexibility index (Phi) is 8.05. The highest BCUT2D eigenvalue weighted by Crippen LogP contribution is 2.34. The summed E-state index contributed by atoms with van der Waals surface area (Å²) >= 11 is 0. The first-order chi connectivity index (χ1) is 15.3. The molecule has 32 heavy (non-hydrogen) atoms. The van der Waals surface area contributed by atoms with Crippen molar-refractivity contribution in [1.82, 2.24) is 15.2 Å². The molecule has 3 N–H and O–H groups in total. The summed E-state index contributed by atoms with van der Waals surface area (Å²) in [7, 11) is 0. The standard InChI is InChI=1S/C24H32N4O4/c1-24(2)11-6-14-28(16-22(30)26-13-10-21(25)29)15-18-7-5-12-27-23(18)32-20-9-4-3-8-19(20)31-17-24/h3-5,7-9,12H,6,10-11,13-17H2,1-2H3,(H2,25,29)(H,26,30). The van der Waals surface area contributed by atoms with Crippen molar-refractivity contribution in [2.24, 2.45) is 11.1 Å². The second kappa shape index (κ2) is 10.9. The summed E-state index contributed by atoms with van der Waals surface area (Å²) in [5, 5.41) is 2.76. The molecule has 2 amide bonds. The number of nitrogens with zero attached hydrogens (tertiary/aromatic N) is 2. The van der Waals surface area contributed by atoms with Crippen LogP contribution in [0.1, 0.15) is 38.7 Å². The van der Waals surface area contributed by atoms with Crippen molar-refractivity contribution in [2.75, 3.05) is 26.2 Å². The lowest BCUT2D eigenvalue weighted by Crippen LogP contribution is -2.39. The molecule has 0 saturated heterocycles. The molecule has 2 aromatic rings. The maximum Gasteiger partial charge on any atom is 0.234 e. The van der Waals surface area contributed by atoms with Crippen LogP contribution in [0.15, 0.2) is 42.6 Å². The number of pyridine rings is 1. The zero-order valence-corrected chi connectivity index (χ0v) is 18.8. The molecule has 0 saturated carbocycles. The number of carbonyl (C=O) groups is 2. The van der Waals surface area contributed by atoms with Crippen LogP contribution in [-0.4, -0.2) is 47.9 Å². The van der Waals surface area contributed by atoms with Crippen molar-refractivity contribution in [3.05, 3.63) is 48.2 Å². The molecule has 0 bridgehead atoms. The van der Waals surface area contributed by atoms with Crippen LogP contribution in [0, 0.1) is 5.41 Å². The molecule has 0 aliphatic carbocycles. The Morgan fingerprint density at radius 2 is 1.97 bits per heavy atom. The van der Waals surface area contributed by atoms with Gasteiger partial charge in [-0.05, 0) is 43.0 Å². The lowest BCUT2D eigenvalue weighted by molar-refractivity contribution is -0.122. The van der Waals surface area contributed by atoms with Gasteiger partial charge in [0.1, 0.15) is 0 Å². The Labute approximate surface area is 189 Å². The van der Waals surface area contributed by atoms with Crippen molar-refractivity contribution < 1.29 is 19.1 Å². The van der Waals surface area contributed by atoms with E-state index in [0.29, 0.717) is 30.5 Å². The molecule has 1 aliphatic rings. The number of hydrogen-bond donors (Lipinski definition) is 2. The van der Waals surface area contributed by atoms with Gasteiger partial charge in [0.25, 0.3) is 0 Å². The monoisotopic (exact) mass is 440 g/mol. The van der Waals surface area contributed by atoms with Gasteiger partial charge >= 0.3 is 0 Å². The molecule has 0 unspecified atom stereocenters. The number of ether oxygens (including phenoxy) is 2. The van der Waals surface area contributed by atoms with Crippen LogP contribution in [0.25, 0.3) is 0 Å². The third kappa shape index (κ3) is 7.23. The fourth-order valence-corrected chi connectivity index (χ4v) is 3.56. The van der Waals surface area contributed by atoms with Gasteiger partial charge in [-0.3, -0.25) is 14.5 Å². The Bertz CT molecular complexity index is 932. The van der Waals surface area contributed by atoms with E-state index in [1.807, 2.05) is 36.4 Å². The number of nitrogens with one attached hydrogen (secondary N) is 1. The van der Waals surface area contributed by atoms with Crippen LogP contribution in [0.5, 0.6) is 17.4 Å². The van der Waals surface area contributed by atoms with Crippen LogP contribution in [0.4, 0.5) is 0 Å². The minimum atomic E-state index is -0.436. The van der Waals surface area contributed by atoms with E-state index in [9.17, 15) is 9.59 Å². The largest absolute Gasteiger partial charge is 0.489 e. The highest BCUT2D eigenvalue weighted by molar-refractivity contribution is 5.79. The van der Waals surface area contributed by atoms with Crippen LogP contribution in [-0.2, 0) is 16.1 Å². The molecule has 8 heteroatoms. The lowest BCUT2D eigenvalue weighted by Gasteiger charge is -2.27. The smallest absolute Gasteiger partial charge is 0.234 e. The second-order valence-electron chi connectivity index (χ2n) is 8.85. The molecule has 2 heterocycles. The first kappa shape index (κ1) is 23.5. The highest BCUT2D eigenvalue weighted by Gasteiger charge is 2.23. The Balaban J connectivity index is 1.82. The van der Waals surface area contributed by atoms with Crippen molar-refractivity contribution in [2.45, 2.75) is 39.7 Å². The zero-order chi connectivity index (χ0) is 23.0. The zero-order valence-electron chi connectivity index (χ0n) is 18.8. The number of amides is 2. The average molecular weight is 441 g/mol. The second-order valence-corrected chi connectivity index (χ2v) is 8.85. The van der Waals surface area contributed by atoms with Crippen molar-refractivity contribution in [3.8, 4) is 17.4 Å². The predicted molar refractivity (Wildman–Crippen MR) is 121 cm³/mol. The Morgan fingerprint density at radius 3 is 2.75 bits per heavy atom. The summed E-state index contributed by atoms with van der Waals surface area (Å²) in [5.41, 5.74) is 5.99. The first-order valence-corrected chi connectivity index (χ1v) is 10.9. The minimum Gasteiger partial charge on any atom is -0.489 e. The molecule has 1 aromatic carbocycles. The third-order valence-corrected chi connectivity index (χ3v) is 5.31. The minimum absolute atomic E-state index is 0.0400. The van der Waals surface area contributed by atoms with Crippen LogP contribution in [0.3, 0.4) is 0 Å². The molecule has 1 aliphatic heterocycles. The van der Waals surface area contributed by atoms with Gasteiger partial charge in [-0.15, -0.1) is 0 Å². The van der Waals surface area contributed by atoms with E-state index in [1.54, 1.807) is 6.20 Å². The molecule has 0 radical (unpaired) electrons. The number of benzene rings is 1. The number of nitrogens with two attached hydrogens (primary N) is 1. The molecule has 0 atom stereocenters. The number of primary amides is 1. The van der Waals surface area contributed by atoms with Gasteiger partial charge in [-0.1, -0.05) is 32.0 Å². The molecule has 3 rings (SSSR count). The maximum absolute atomic E-state index is 12.5. The van der Waals surface area contributed by atoms with E-state index in [-0.39, 0.29) is 30.8 Å². The van der Waals surface area contributed by atoms with Crippen molar-refractivity contribution in [3.63, 3.8) is 0 Å². The third-order valence-electron chi connectivity index (χ3n) is 5.31. The normalized spacial score (nSPS) is 16.6. The number of hydrogen-bond acceptors (Lipinski definition) is 6. The number of aromatic nitrogens is 1. The summed E-state index contributed by atoms with van der Waals surface area (Å²) in [6.07, 6.45) is 3.66. The van der Waals surface area contributed by atoms with Crippen LogP contribution < -0.4 is 20.5 Å². The van der Waals surface area contributed by atoms with Gasteiger partial charge in [0.15, 0.2) is 11.5 Å². The quantitative estimate of drug-likeness (QED) is 0.740. The molecule has 172 valence electrons. The van der Waals surface area contributed by atoms with E-state index < -0.39 is 5.91 Å². The summed E-state index contributed by atoms with van der Waals surface area (Å²) in [6.45, 7) is 6.59. The van der Waals surface area contributed by atoms with Crippen molar-refractivity contribution in [1.29, 1.82) is 0 Å². The molecule has 0 spiro atoms. The van der Waals surface area contributed by atoms with Gasteiger partial charge in [-0.25, -0.2) is 4.98 Å². The van der Waals surface area contributed by atoms with Crippen LogP contribution >= 0.6 is 0 Å². The Morgan fingerprint density at radius 1 is 1.19 bits per heavy atom. The highest BCUT2D eigenvalue weighted by atomic mass is 16.5. The number of para-hydroxylation sites is 2. The van der Waals surface area contributed by atoms with Gasteiger partial charge in [0.2, 0.25) is 17.7 Å². The fraction of sp³-hybridized carbons (Fsp3) is 0.458.